The number of phenolic OH excluding ortho intramolecular Hbond substituents is 3. The van der Waals surface area contributed by atoms with Crippen LogP contribution in [0.5, 0.6) is 23.0 Å². The van der Waals surface area contributed by atoms with Gasteiger partial charge in [0, 0.05) is 17.7 Å². The highest BCUT2D eigenvalue weighted by Crippen LogP contribution is 2.38. The second kappa shape index (κ2) is 14.8. The van der Waals surface area contributed by atoms with Gasteiger partial charge in [0.05, 0.1) is 19.3 Å². The van der Waals surface area contributed by atoms with Crippen molar-refractivity contribution in [1.82, 2.24) is 0 Å². The van der Waals surface area contributed by atoms with Crippen molar-refractivity contribution in [3.8, 4) is 34.3 Å². The summed E-state index contributed by atoms with van der Waals surface area (Å²) >= 11 is 0. The Bertz CT molecular complexity index is 1730. The zero-order valence-electron chi connectivity index (χ0n) is 26.6. The standard InChI is InChI=1S/C32H38O19/c1-10-19(37)23(41)26(44)30(47-10)46-9-17-21(39)24(42)29(51-31-25(43)20(38)15(36)8-45-31)32(49-17)50-28-22(40)18-14(35)6-13(34)7-16(18)48-27(28)11-2-4-12(33)5-3-11/h2-7,10,15,17,19-21,23-26,29-39,41-44H,8-9H2,1H3/t10?,15-,17?,19+,20+,21-,23+,24+,25?,26?,29?,30-,31+,32+/m1/s1. The number of rotatable bonds is 8. The van der Waals surface area contributed by atoms with E-state index in [4.69, 9.17) is 32.8 Å². The Morgan fingerprint density at radius 1 is 0.745 bits per heavy atom. The third-order valence-electron chi connectivity index (χ3n) is 8.90. The van der Waals surface area contributed by atoms with Gasteiger partial charge in [0.15, 0.2) is 24.4 Å². The fourth-order valence-corrected chi connectivity index (χ4v) is 5.97. The van der Waals surface area contributed by atoms with Crippen molar-refractivity contribution in [1.29, 1.82) is 0 Å². The van der Waals surface area contributed by atoms with Crippen LogP contribution < -0.4 is 10.2 Å². The minimum Gasteiger partial charge on any atom is -0.508 e. The van der Waals surface area contributed by atoms with Crippen LogP contribution in [0.2, 0.25) is 0 Å². The number of aromatic hydroxyl groups is 3. The first-order chi connectivity index (χ1) is 24.2. The molecule has 14 atom stereocenters. The highest BCUT2D eigenvalue weighted by Gasteiger charge is 2.51. The fraction of sp³-hybridized carbons (Fsp3) is 0.531. The highest BCUT2D eigenvalue weighted by atomic mass is 16.8. The maximum absolute atomic E-state index is 14.0. The number of benzene rings is 2. The zero-order valence-corrected chi connectivity index (χ0v) is 26.6. The third kappa shape index (κ3) is 7.22. The van der Waals surface area contributed by atoms with E-state index in [1.807, 2.05) is 0 Å². The van der Waals surface area contributed by atoms with E-state index in [0.717, 1.165) is 12.1 Å². The van der Waals surface area contributed by atoms with Crippen molar-refractivity contribution in [2.75, 3.05) is 13.2 Å². The Morgan fingerprint density at radius 2 is 1.43 bits per heavy atom. The van der Waals surface area contributed by atoms with Crippen LogP contribution in [-0.4, -0.2) is 155 Å². The molecule has 3 aliphatic heterocycles. The molecule has 0 spiro atoms. The Balaban J connectivity index is 1.38. The molecule has 0 saturated carbocycles. The van der Waals surface area contributed by atoms with Crippen molar-refractivity contribution in [2.45, 2.75) is 92.9 Å². The van der Waals surface area contributed by atoms with Crippen LogP contribution in [0.4, 0.5) is 0 Å². The third-order valence-corrected chi connectivity index (χ3v) is 8.90. The summed E-state index contributed by atoms with van der Waals surface area (Å²) in [6.45, 7) is 0.243. The zero-order chi connectivity index (χ0) is 36.9. The molecule has 0 aliphatic carbocycles. The first-order valence-corrected chi connectivity index (χ1v) is 15.8. The van der Waals surface area contributed by atoms with Gasteiger partial charge in [0.25, 0.3) is 0 Å². The van der Waals surface area contributed by atoms with Gasteiger partial charge in [-0.15, -0.1) is 0 Å². The Morgan fingerprint density at radius 3 is 2.14 bits per heavy atom. The van der Waals surface area contributed by atoms with Gasteiger partial charge < -0.3 is 89.0 Å². The van der Waals surface area contributed by atoms with Gasteiger partial charge in [-0.25, -0.2) is 0 Å². The Hall–Kier alpha value is -3.67. The van der Waals surface area contributed by atoms with E-state index >= 15 is 0 Å². The van der Waals surface area contributed by atoms with Crippen LogP contribution >= 0.6 is 0 Å². The summed E-state index contributed by atoms with van der Waals surface area (Å²) in [5, 5.41) is 114. The lowest BCUT2D eigenvalue weighted by Gasteiger charge is -2.45. The van der Waals surface area contributed by atoms with Crippen LogP contribution in [-0.2, 0) is 23.7 Å². The molecule has 19 nitrogen and oxygen atoms in total. The molecule has 2 aromatic carbocycles. The molecule has 280 valence electrons. The monoisotopic (exact) mass is 726 g/mol. The number of hydrogen-bond donors (Lipinski definition) is 11. The van der Waals surface area contributed by atoms with E-state index < -0.39 is 127 Å². The minimum absolute atomic E-state index is 0.139. The molecule has 5 unspecified atom stereocenters. The molecule has 19 heteroatoms. The predicted molar refractivity (Wildman–Crippen MR) is 165 cm³/mol. The normalized spacial score (nSPS) is 37.4. The highest BCUT2D eigenvalue weighted by molar-refractivity contribution is 5.88. The lowest BCUT2D eigenvalue weighted by atomic mass is 9.98. The topological polar surface area (TPSA) is 308 Å². The average Bonchev–Trinajstić information content (AvgIpc) is 3.09. The number of fused-ring (bicyclic) bond motifs is 1. The summed E-state index contributed by atoms with van der Waals surface area (Å²) in [4.78, 5) is 14.0. The van der Waals surface area contributed by atoms with Crippen molar-refractivity contribution < 1.29 is 89.0 Å². The molecule has 51 heavy (non-hydrogen) atoms. The molecule has 11 N–H and O–H groups in total. The molecule has 3 aromatic rings. The number of phenols is 3. The van der Waals surface area contributed by atoms with Crippen molar-refractivity contribution >= 4 is 11.0 Å². The van der Waals surface area contributed by atoms with Crippen molar-refractivity contribution in [3.05, 3.63) is 46.6 Å². The first-order valence-electron chi connectivity index (χ1n) is 15.8. The van der Waals surface area contributed by atoms with Gasteiger partial charge in [0.2, 0.25) is 17.5 Å². The lowest BCUT2D eigenvalue weighted by molar-refractivity contribution is -0.352. The van der Waals surface area contributed by atoms with E-state index in [-0.39, 0.29) is 22.7 Å². The minimum atomic E-state index is -1.99. The quantitative estimate of drug-likeness (QED) is 0.111. The molecule has 3 aliphatic rings. The summed E-state index contributed by atoms with van der Waals surface area (Å²) in [5.41, 5.74) is -1.15. The summed E-state index contributed by atoms with van der Waals surface area (Å²) < 4.78 is 39.9. The summed E-state index contributed by atoms with van der Waals surface area (Å²) in [6.07, 6.45) is -23.4. The van der Waals surface area contributed by atoms with Gasteiger partial charge in [-0.2, -0.15) is 0 Å². The summed E-state index contributed by atoms with van der Waals surface area (Å²) in [6, 6.07) is 7.15. The van der Waals surface area contributed by atoms with Crippen LogP contribution in [0.15, 0.2) is 45.6 Å². The molecule has 3 saturated heterocycles. The summed E-state index contributed by atoms with van der Waals surface area (Å²) in [7, 11) is 0. The van der Waals surface area contributed by atoms with Crippen LogP contribution in [0, 0.1) is 0 Å². The fourth-order valence-electron chi connectivity index (χ4n) is 5.97. The van der Waals surface area contributed by atoms with Crippen molar-refractivity contribution in [3.63, 3.8) is 0 Å². The molecule has 6 rings (SSSR count). The Labute approximate surface area is 287 Å². The Kier molecular flexibility index (Phi) is 10.7. The van der Waals surface area contributed by atoms with E-state index in [1.165, 1.54) is 31.2 Å². The molecule has 4 heterocycles. The van der Waals surface area contributed by atoms with Gasteiger partial charge in [-0.3, -0.25) is 4.79 Å². The molecule has 3 fully saturated rings. The number of hydrogen-bond acceptors (Lipinski definition) is 19. The largest absolute Gasteiger partial charge is 0.508 e. The molecule has 1 aromatic heterocycles. The number of aliphatic hydroxyl groups excluding tert-OH is 8. The lowest BCUT2D eigenvalue weighted by Crippen LogP contribution is -2.64. The van der Waals surface area contributed by atoms with Crippen LogP contribution in [0.25, 0.3) is 22.3 Å². The predicted octanol–water partition coefficient (Wildman–Crippen LogP) is -2.93. The molecular weight excluding hydrogens is 688 g/mol. The van der Waals surface area contributed by atoms with E-state index in [9.17, 15) is 61.0 Å². The molecule has 0 bridgehead atoms. The number of aliphatic hydroxyl groups is 8. The van der Waals surface area contributed by atoms with E-state index in [2.05, 4.69) is 0 Å². The second-order valence-electron chi connectivity index (χ2n) is 12.5. The van der Waals surface area contributed by atoms with Gasteiger partial charge >= 0.3 is 0 Å². The van der Waals surface area contributed by atoms with Gasteiger partial charge in [-0.05, 0) is 31.2 Å². The smallest absolute Gasteiger partial charge is 0.239 e. The number of ether oxygens (including phenoxy) is 6. The van der Waals surface area contributed by atoms with Crippen molar-refractivity contribution in [2.24, 2.45) is 0 Å². The molecule has 0 radical (unpaired) electrons. The SMILES string of the molecule is CC1O[C@@H](OCC2O[C@@H](Oc3c(-c4ccc(O)cc4)oc4cc(O)cc(O)c4c3=O)C(O[C@@H]3OC[C@@H](O)[C@H](O)C3O)[C@@H](O)[C@@H]2O)C(O)[C@@H](O)[C@H]1O. The molecule has 0 amide bonds. The average molecular weight is 727 g/mol. The van der Waals surface area contributed by atoms with Gasteiger partial charge in [-0.1, -0.05) is 0 Å². The maximum Gasteiger partial charge on any atom is 0.239 e. The van der Waals surface area contributed by atoms with E-state index in [1.54, 1.807) is 0 Å². The molecular formula is C32H38O19. The first kappa shape index (κ1) is 37.1. The van der Waals surface area contributed by atoms with Gasteiger partial charge in [0.1, 0.15) is 83.2 Å². The maximum atomic E-state index is 14.0. The summed E-state index contributed by atoms with van der Waals surface area (Å²) in [5.74, 6) is -2.27. The second-order valence-corrected chi connectivity index (χ2v) is 12.5. The van der Waals surface area contributed by atoms with Crippen LogP contribution in [0.1, 0.15) is 6.92 Å². The van der Waals surface area contributed by atoms with Crippen LogP contribution in [0.3, 0.4) is 0 Å². The van der Waals surface area contributed by atoms with E-state index in [0.29, 0.717) is 0 Å².